The Morgan fingerprint density at radius 2 is 1.42 bits per heavy atom. The smallest absolute Gasteiger partial charge is 0.0208 e. The van der Waals surface area contributed by atoms with Crippen LogP contribution in [0.4, 0.5) is 0 Å². The Labute approximate surface area is 267 Å². The van der Waals surface area contributed by atoms with Crippen molar-refractivity contribution in [1.82, 2.24) is 0 Å². The predicted molar refractivity (Wildman–Crippen MR) is 189 cm³/mol. The molecule has 0 aliphatic heterocycles. The van der Waals surface area contributed by atoms with Gasteiger partial charge in [0.25, 0.3) is 0 Å². The summed E-state index contributed by atoms with van der Waals surface area (Å²) in [4.78, 5) is 0. The Kier molecular flexibility index (Phi) is 6.37. The van der Waals surface area contributed by atoms with Gasteiger partial charge in [-0.05, 0) is 63.5 Å². The summed E-state index contributed by atoms with van der Waals surface area (Å²) < 4.78 is 0. The van der Waals surface area contributed by atoms with Crippen molar-refractivity contribution in [2.24, 2.45) is 35.0 Å². The molecule has 0 aromatic heterocycles. The molecule has 0 nitrogen and oxygen atoms in total. The monoisotopic (exact) mass is 578 g/mol. The zero-order valence-corrected chi connectivity index (χ0v) is 25.6. The van der Waals surface area contributed by atoms with Crippen LogP contribution in [0.2, 0.25) is 0 Å². The highest BCUT2D eigenvalue weighted by molar-refractivity contribution is 5.81. The van der Waals surface area contributed by atoms with E-state index in [1.807, 2.05) is 0 Å². The highest BCUT2D eigenvalue weighted by Crippen LogP contribution is 2.64. The van der Waals surface area contributed by atoms with Gasteiger partial charge >= 0.3 is 0 Å². The van der Waals surface area contributed by atoms with Gasteiger partial charge in [0.2, 0.25) is 0 Å². The molecule has 0 radical (unpaired) electrons. The summed E-state index contributed by atoms with van der Waals surface area (Å²) in [5, 5.41) is 2.87. The molecule has 0 amide bonds. The molecule has 7 aliphatic carbocycles. The third-order valence-electron chi connectivity index (χ3n) is 11.2. The van der Waals surface area contributed by atoms with E-state index in [9.17, 15) is 0 Å². The molecule has 0 bridgehead atoms. The lowest BCUT2D eigenvalue weighted by Gasteiger charge is -2.37. The largest absolute Gasteiger partial charge is 0.0801 e. The van der Waals surface area contributed by atoms with Gasteiger partial charge in [-0.3, -0.25) is 0 Å². The maximum atomic E-state index is 2.54. The Balaban J connectivity index is 1.21. The first-order chi connectivity index (χ1) is 22.3. The third-order valence-corrected chi connectivity index (χ3v) is 11.2. The summed E-state index contributed by atoms with van der Waals surface area (Å²) in [5.74, 6) is 2.16. The molecule has 9 rings (SSSR count). The van der Waals surface area contributed by atoms with Gasteiger partial charge in [-0.1, -0.05) is 175 Å². The molecule has 45 heavy (non-hydrogen) atoms. The summed E-state index contributed by atoms with van der Waals surface area (Å²) in [6.07, 6.45) is 45.8. The summed E-state index contributed by atoms with van der Waals surface area (Å²) in [5.41, 5.74) is 10.5. The summed E-state index contributed by atoms with van der Waals surface area (Å²) in [7, 11) is 0. The second kappa shape index (κ2) is 10.7. The Morgan fingerprint density at radius 1 is 0.667 bits per heavy atom. The summed E-state index contributed by atoms with van der Waals surface area (Å²) >= 11 is 0. The van der Waals surface area contributed by atoms with E-state index in [0.717, 1.165) is 12.8 Å². The van der Waals surface area contributed by atoms with Crippen LogP contribution in [0, 0.1) is 35.0 Å². The molecular formula is C45H38. The van der Waals surface area contributed by atoms with Gasteiger partial charge in [0.15, 0.2) is 0 Å². The van der Waals surface area contributed by atoms with Crippen molar-refractivity contribution in [3.63, 3.8) is 0 Å². The van der Waals surface area contributed by atoms with E-state index in [-0.39, 0.29) is 5.41 Å². The fourth-order valence-corrected chi connectivity index (χ4v) is 8.90. The Hall–Kier alpha value is -4.68. The molecule has 1 saturated carbocycles. The average molecular weight is 579 g/mol. The molecule has 6 atom stereocenters. The summed E-state index contributed by atoms with van der Waals surface area (Å²) in [6, 6.07) is 20.2. The molecular weight excluding hydrogens is 540 g/mol. The standard InChI is InChI=1S/C45H38/c1-3-14-31(15-4-1)33-26-27-45(30-35(45)28-33)43-25-6-2-5-24-41(43)44-39-22-11-9-20-37(39)42(38-21-10-12-23-40(38)44)29-34-18-13-17-32-16-7-8-19-36(32)34/h1-23,25-28,32,35-37,39H,24,29-30H2/t32?,35?,36-,37?,39+,45?/m0/s1. The van der Waals surface area contributed by atoms with Crippen molar-refractivity contribution in [2.45, 2.75) is 19.3 Å². The third kappa shape index (κ3) is 4.42. The lowest BCUT2D eigenvalue weighted by molar-refractivity contribution is 0.599. The van der Waals surface area contributed by atoms with Crippen LogP contribution < -0.4 is 10.4 Å². The molecule has 4 unspecified atom stereocenters. The average Bonchev–Trinajstić information content (AvgIpc) is 3.88. The van der Waals surface area contributed by atoms with E-state index in [2.05, 4.69) is 164 Å². The topological polar surface area (TPSA) is 0 Å². The maximum absolute atomic E-state index is 2.54. The fourth-order valence-electron chi connectivity index (χ4n) is 8.90. The van der Waals surface area contributed by atoms with E-state index in [0.29, 0.717) is 29.6 Å². The van der Waals surface area contributed by atoms with Crippen LogP contribution in [-0.2, 0) is 0 Å². The Morgan fingerprint density at radius 3 is 2.29 bits per heavy atom. The van der Waals surface area contributed by atoms with Crippen LogP contribution in [-0.4, -0.2) is 0 Å². The molecule has 7 aliphatic rings. The quantitative estimate of drug-likeness (QED) is 0.332. The molecule has 218 valence electrons. The molecule has 2 aromatic carbocycles. The highest BCUT2D eigenvalue weighted by Gasteiger charge is 2.55. The first-order valence-corrected chi connectivity index (χ1v) is 16.7. The van der Waals surface area contributed by atoms with E-state index in [1.54, 1.807) is 5.57 Å². The SMILES string of the molecule is C1=CCC(C2=c3ccccc3=C(CC3=CC=CC4C=CC=C[C@H]34)C3C=CC=C[C@@H]23)=C(C23C=CC(c4ccccc4)=CC2C3)C=C1. The number of hydrogen-bond donors (Lipinski definition) is 0. The molecule has 0 heterocycles. The normalized spacial score (nSPS) is 31.6. The van der Waals surface area contributed by atoms with Crippen molar-refractivity contribution in [2.75, 3.05) is 0 Å². The number of allylic oxidation sites excluding steroid dienone is 22. The van der Waals surface area contributed by atoms with Gasteiger partial charge in [-0.15, -0.1) is 0 Å². The van der Waals surface area contributed by atoms with Crippen molar-refractivity contribution in [1.29, 1.82) is 0 Å². The van der Waals surface area contributed by atoms with Crippen LogP contribution in [0.25, 0.3) is 16.7 Å². The maximum Gasteiger partial charge on any atom is 0.0208 e. The number of fused-ring (bicyclic) bond motifs is 4. The van der Waals surface area contributed by atoms with Gasteiger partial charge < -0.3 is 0 Å². The molecule has 0 spiro atoms. The molecule has 2 aromatic rings. The summed E-state index contributed by atoms with van der Waals surface area (Å²) in [6.45, 7) is 0. The van der Waals surface area contributed by atoms with Crippen molar-refractivity contribution in [3.05, 3.63) is 197 Å². The van der Waals surface area contributed by atoms with Crippen LogP contribution in [0.1, 0.15) is 24.8 Å². The van der Waals surface area contributed by atoms with Gasteiger partial charge in [0.1, 0.15) is 0 Å². The van der Waals surface area contributed by atoms with Gasteiger partial charge in [0.05, 0.1) is 0 Å². The molecule has 0 saturated heterocycles. The second-order valence-corrected chi connectivity index (χ2v) is 13.5. The van der Waals surface area contributed by atoms with Gasteiger partial charge in [-0.2, -0.15) is 0 Å². The van der Waals surface area contributed by atoms with Crippen molar-refractivity contribution >= 4 is 16.7 Å². The zero-order valence-electron chi connectivity index (χ0n) is 25.6. The fraction of sp³-hybridized carbons (Fsp3) is 0.200. The van der Waals surface area contributed by atoms with E-state index in [1.165, 1.54) is 50.3 Å². The van der Waals surface area contributed by atoms with Crippen LogP contribution in [0.3, 0.4) is 0 Å². The van der Waals surface area contributed by atoms with Gasteiger partial charge in [0, 0.05) is 29.1 Å². The van der Waals surface area contributed by atoms with E-state index >= 15 is 0 Å². The van der Waals surface area contributed by atoms with Crippen LogP contribution in [0.5, 0.6) is 0 Å². The molecule has 0 heteroatoms. The number of hydrogen-bond acceptors (Lipinski definition) is 0. The van der Waals surface area contributed by atoms with Crippen molar-refractivity contribution < 1.29 is 0 Å². The molecule has 1 fully saturated rings. The minimum absolute atomic E-state index is 0.0842. The van der Waals surface area contributed by atoms with Crippen molar-refractivity contribution in [3.8, 4) is 0 Å². The first-order valence-electron chi connectivity index (χ1n) is 16.7. The predicted octanol–water partition coefficient (Wildman–Crippen LogP) is 9.08. The van der Waals surface area contributed by atoms with Gasteiger partial charge in [-0.25, -0.2) is 0 Å². The lowest BCUT2D eigenvalue weighted by atomic mass is 9.67. The Bertz CT molecular complexity index is 2040. The first kappa shape index (κ1) is 26.7. The minimum atomic E-state index is 0.0842. The molecule has 0 N–H and O–H groups in total. The highest BCUT2D eigenvalue weighted by atomic mass is 14.6. The van der Waals surface area contributed by atoms with E-state index < -0.39 is 0 Å². The van der Waals surface area contributed by atoms with Crippen LogP contribution >= 0.6 is 0 Å². The lowest BCUT2D eigenvalue weighted by Crippen LogP contribution is -2.40. The zero-order chi connectivity index (χ0) is 29.8. The number of benzene rings is 2. The second-order valence-electron chi connectivity index (χ2n) is 13.5. The minimum Gasteiger partial charge on any atom is -0.0801 e. The van der Waals surface area contributed by atoms with Crippen LogP contribution in [0.15, 0.2) is 181 Å². The number of rotatable bonds is 5. The van der Waals surface area contributed by atoms with E-state index in [4.69, 9.17) is 0 Å².